The highest BCUT2D eigenvalue weighted by molar-refractivity contribution is 7.04. The molecule has 7 aromatic carbocycles. The summed E-state index contributed by atoms with van der Waals surface area (Å²) in [4.78, 5) is 2.42. The molecule has 0 N–H and O–H groups in total. The number of anilines is 3. The summed E-state index contributed by atoms with van der Waals surface area (Å²) in [6.07, 6.45) is 0. The molecule has 2 aliphatic rings. The molecule has 236 valence electrons. The van der Waals surface area contributed by atoms with Gasteiger partial charge in [0.05, 0.1) is 0 Å². The van der Waals surface area contributed by atoms with Crippen LogP contribution in [-0.2, 0) is 0 Å². The lowest BCUT2D eigenvalue weighted by Gasteiger charge is -2.28. The van der Waals surface area contributed by atoms with Crippen molar-refractivity contribution in [1.29, 1.82) is 0 Å². The smallest absolute Gasteiger partial charge is 0.113 e. The van der Waals surface area contributed by atoms with E-state index >= 15 is 0 Å². The van der Waals surface area contributed by atoms with Gasteiger partial charge >= 0.3 is 0 Å². The van der Waals surface area contributed by atoms with Crippen molar-refractivity contribution >= 4 is 54.0 Å². The summed E-state index contributed by atoms with van der Waals surface area (Å²) in [5.41, 5.74) is 14.3. The van der Waals surface area contributed by atoms with Gasteiger partial charge < -0.3 is 4.90 Å². The molecule has 0 saturated heterocycles. The fourth-order valence-corrected chi connectivity index (χ4v) is 14.6. The fourth-order valence-electron chi connectivity index (χ4n) is 8.39. The second kappa shape index (κ2) is 11.2. The molecule has 0 fully saturated rings. The van der Waals surface area contributed by atoms with Crippen molar-refractivity contribution in [2.75, 3.05) is 4.90 Å². The molecule has 1 nitrogen and oxygen atoms in total. The quantitative estimate of drug-likeness (QED) is 0.166. The van der Waals surface area contributed by atoms with Gasteiger partial charge in [-0.1, -0.05) is 154 Å². The monoisotopic (exact) mass is 661 g/mol. The predicted octanol–water partition coefficient (Wildman–Crippen LogP) is 10.1. The lowest BCUT2D eigenvalue weighted by Crippen LogP contribution is -2.49. The van der Waals surface area contributed by atoms with E-state index in [9.17, 15) is 0 Å². The zero-order chi connectivity index (χ0) is 33.3. The average Bonchev–Trinajstić information content (AvgIpc) is 3.51. The Morgan fingerprint density at radius 3 is 1.35 bits per heavy atom. The zero-order valence-corrected chi connectivity index (χ0v) is 30.5. The Morgan fingerprint density at radius 2 is 0.714 bits per heavy atom. The summed E-state index contributed by atoms with van der Waals surface area (Å²) in [5.74, 6) is 0. The first kappa shape index (κ1) is 29.9. The molecule has 0 bridgehead atoms. The van der Waals surface area contributed by atoms with Gasteiger partial charge in [-0.05, 0) is 102 Å². The van der Waals surface area contributed by atoms with E-state index in [1.54, 1.807) is 10.4 Å². The number of benzene rings is 7. The summed E-state index contributed by atoms with van der Waals surface area (Å²) in [7, 11) is -3.68. The second-order valence-electron chi connectivity index (χ2n) is 14.6. The van der Waals surface area contributed by atoms with Crippen LogP contribution in [0.15, 0.2) is 164 Å². The average molecular weight is 662 g/mol. The van der Waals surface area contributed by atoms with E-state index in [1.165, 1.54) is 71.9 Å². The summed E-state index contributed by atoms with van der Waals surface area (Å²) in [6.45, 7) is 10.0. The summed E-state index contributed by atoms with van der Waals surface area (Å²) in [6, 6.07) is 61.2. The van der Waals surface area contributed by atoms with Crippen LogP contribution in [0.4, 0.5) is 17.1 Å². The first-order valence-corrected chi connectivity index (χ1v) is 23.4. The zero-order valence-electron chi connectivity index (χ0n) is 28.5. The molecule has 0 saturated carbocycles. The van der Waals surface area contributed by atoms with Crippen molar-refractivity contribution in [3.05, 3.63) is 164 Å². The van der Waals surface area contributed by atoms with E-state index in [0.29, 0.717) is 0 Å². The van der Waals surface area contributed by atoms with Crippen LogP contribution in [0.2, 0.25) is 26.2 Å². The first-order valence-electron chi connectivity index (χ1n) is 17.4. The third-order valence-corrected chi connectivity index (χ3v) is 18.1. The van der Waals surface area contributed by atoms with Gasteiger partial charge in [-0.3, -0.25) is 0 Å². The highest BCUT2D eigenvalue weighted by Crippen LogP contribution is 2.39. The van der Waals surface area contributed by atoms with Crippen molar-refractivity contribution in [3.63, 3.8) is 0 Å². The molecule has 2 heterocycles. The van der Waals surface area contributed by atoms with E-state index < -0.39 is 16.1 Å². The standard InChI is InChI=1S/C46H39NSi2/c1-48(2)43-18-12-11-17-39(43)40-26-22-35(30-44(40)48)33-19-23-37(24-20-33)47(36-15-9-6-10-16-36)38-25-28-42-41-27-21-34(32-13-7-5-8-14-32)29-45(41)49(3,4)46(42)31-38/h5-31H,1-4H3. The second-order valence-corrected chi connectivity index (χ2v) is 23.3. The number of nitrogens with zero attached hydrogens (tertiary/aromatic N) is 1. The van der Waals surface area contributed by atoms with Gasteiger partial charge in [0.25, 0.3) is 0 Å². The molecule has 49 heavy (non-hydrogen) atoms. The Bertz CT molecular complexity index is 2370. The molecule has 0 unspecified atom stereocenters. The highest BCUT2D eigenvalue weighted by Gasteiger charge is 2.39. The van der Waals surface area contributed by atoms with Crippen molar-refractivity contribution in [3.8, 4) is 44.5 Å². The molecule has 9 rings (SSSR count). The molecule has 0 radical (unpaired) electrons. The fraction of sp³-hybridized carbons (Fsp3) is 0.0870. The number of hydrogen-bond acceptors (Lipinski definition) is 1. The van der Waals surface area contributed by atoms with Gasteiger partial charge in [-0.2, -0.15) is 0 Å². The Morgan fingerprint density at radius 1 is 0.306 bits per heavy atom. The van der Waals surface area contributed by atoms with Crippen molar-refractivity contribution in [2.24, 2.45) is 0 Å². The maximum atomic E-state index is 2.51. The molecule has 2 aliphatic heterocycles. The van der Waals surface area contributed by atoms with Gasteiger partial charge in [0, 0.05) is 17.1 Å². The molecule has 0 atom stereocenters. The molecule has 0 aromatic heterocycles. The Kier molecular flexibility index (Phi) is 6.81. The van der Waals surface area contributed by atoms with Crippen molar-refractivity contribution in [1.82, 2.24) is 0 Å². The molecular weight excluding hydrogens is 623 g/mol. The minimum atomic E-state index is -1.95. The normalized spacial score (nSPS) is 14.4. The van der Waals surface area contributed by atoms with Crippen LogP contribution < -0.4 is 25.6 Å². The third-order valence-electron chi connectivity index (χ3n) is 11.1. The van der Waals surface area contributed by atoms with Crippen LogP contribution in [0.3, 0.4) is 0 Å². The SMILES string of the molecule is C[Si]1(C)c2ccccc2-c2ccc(-c3ccc(N(c4ccccc4)c4ccc5c(c4)[Si](C)(C)c4cc(-c6ccccc6)ccc4-5)cc3)cc21. The summed E-state index contributed by atoms with van der Waals surface area (Å²) in [5, 5.41) is 6.13. The predicted molar refractivity (Wildman–Crippen MR) is 216 cm³/mol. The van der Waals surface area contributed by atoms with Gasteiger partial charge in [-0.15, -0.1) is 0 Å². The molecular formula is C46H39NSi2. The van der Waals surface area contributed by atoms with E-state index in [4.69, 9.17) is 0 Å². The van der Waals surface area contributed by atoms with Crippen LogP contribution in [-0.4, -0.2) is 16.1 Å². The maximum absolute atomic E-state index is 2.51. The number of hydrogen-bond donors (Lipinski definition) is 0. The molecule has 0 amide bonds. The number of fused-ring (bicyclic) bond motifs is 6. The molecule has 0 spiro atoms. The Balaban J connectivity index is 1.09. The molecule has 3 heteroatoms. The lowest BCUT2D eigenvalue weighted by molar-refractivity contribution is 1.29. The largest absolute Gasteiger partial charge is 0.311 e. The summed E-state index contributed by atoms with van der Waals surface area (Å²) < 4.78 is 0. The maximum Gasteiger partial charge on any atom is 0.113 e. The Hall–Kier alpha value is -5.23. The van der Waals surface area contributed by atoms with Gasteiger partial charge in [0.15, 0.2) is 0 Å². The molecule has 7 aromatic rings. The van der Waals surface area contributed by atoms with Crippen LogP contribution in [0.5, 0.6) is 0 Å². The van der Waals surface area contributed by atoms with Gasteiger partial charge in [0.2, 0.25) is 0 Å². The van der Waals surface area contributed by atoms with Crippen molar-refractivity contribution < 1.29 is 0 Å². The highest BCUT2D eigenvalue weighted by atomic mass is 28.3. The lowest BCUT2D eigenvalue weighted by atomic mass is 9.99. The van der Waals surface area contributed by atoms with Crippen molar-refractivity contribution in [2.45, 2.75) is 26.2 Å². The van der Waals surface area contributed by atoms with Crippen LogP contribution >= 0.6 is 0 Å². The van der Waals surface area contributed by atoms with E-state index in [0.717, 1.165) is 0 Å². The number of rotatable bonds is 5. The first-order chi connectivity index (χ1) is 23.8. The van der Waals surface area contributed by atoms with Crippen LogP contribution in [0, 0.1) is 0 Å². The summed E-state index contributed by atoms with van der Waals surface area (Å²) >= 11 is 0. The van der Waals surface area contributed by atoms with E-state index in [-0.39, 0.29) is 0 Å². The number of para-hydroxylation sites is 1. The van der Waals surface area contributed by atoms with E-state index in [1.807, 2.05) is 0 Å². The van der Waals surface area contributed by atoms with Crippen LogP contribution in [0.1, 0.15) is 0 Å². The Labute approximate surface area is 292 Å². The minimum Gasteiger partial charge on any atom is -0.311 e. The molecule has 0 aliphatic carbocycles. The van der Waals surface area contributed by atoms with E-state index in [2.05, 4.69) is 195 Å². The van der Waals surface area contributed by atoms with Gasteiger partial charge in [0.1, 0.15) is 16.1 Å². The van der Waals surface area contributed by atoms with Crippen LogP contribution in [0.25, 0.3) is 44.5 Å². The topological polar surface area (TPSA) is 3.24 Å². The van der Waals surface area contributed by atoms with Gasteiger partial charge in [-0.25, -0.2) is 0 Å². The third kappa shape index (κ3) is 4.72. The minimum absolute atomic E-state index is 1.17.